The molecule has 1 aliphatic heterocycles. The molecule has 1 aliphatic rings. The minimum absolute atomic E-state index is 0.116. The van der Waals surface area contributed by atoms with Gasteiger partial charge in [0, 0.05) is 30.9 Å². The Morgan fingerprint density at radius 2 is 2.04 bits per heavy atom. The molecule has 0 saturated carbocycles. The Morgan fingerprint density at radius 3 is 2.68 bits per heavy atom. The topological polar surface area (TPSA) is 62.3 Å². The Morgan fingerprint density at radius 1 is 1.32 bits per heavy atom. The fraction of sp³-hybridized carbons (Fsp3) is 0.412. The molecule has 8 heteroatoms. The summed E-state index contributed by atoms with van der Waals surface area (Å²) >= 11 is 6.11. The van der Waals surface area contributed by atoms with E-state index in [0.29, 0.717) is 34.5 Å². The molecule has 25 heavy (non-hydrogen) atoms. The van der Waals surface area contributed by atoms with E-state index in [4.69, 9.17) is 16.3 Å². The molecule has 2 aromatic rings. The van der Waals surface area contributed by atoms with Gasteiger partial charge in [-0.2, -0.15) is 4.98 Å². The fourth-order valence-corrected chi connectivity index (χ4v) is 3.23. The van der Waals surface area contributed by atoms with Crippen LogP contribution < -0.4 is 20.3 Å². The molecule has 1 aromatic heterocycles. The number of halogens is 2. The molecule has 1 saturated heterocycles. The fourth-order valence-electron chi connectivity index (χ4n) is 2.97. The highest BCUT2D eigenvalue weighted by molar-refractivity contribution is 6.32. The second kappa shape index (κ2) is 7.41. The molecule has 3 rings (SSSR count). The van der Waals surface area contributed by atoms with Gasteiger partial charge in [-0.1, -0.05) is 11.6 Å². The van der Waals surface area contributed by atoms with E-state index in [0.717, 1.165) is 13.1 Å². The highest BCUT2D eigenvalue weighted by Crippen LogP contribution is 2.29. The van der Waals surface area contributed by atoms with Crippen LogP contribution in [0.4, 0.5) is 21.8 Å². The molecule has 0 unspecified atom stereocenters. The third kappa shape index (κ3) is 4.11. The van der Waals surface area contributed by atoms with Gasteiger partial charge < -0.3 is 20.3 Å². The van der Waals surface area contributed by atoms with Gasteiger partial charge in [-0.3, -0.25) is 0 Å². The van der Waals surface area contributed by atoms with Gasteiger partial charge >= 0.3 is 0 Å². The molecule has 134 valence electrons. The van der Waals surface area contributed by atoms with Crippen molar-refractivity contribution in [3.05, 3.63) is 35.2 Å². The van der Waals surface area contributed by atoms with Crippen LogP contribution in [0.5, 0.6) is 5.75 Å². The standard InChI is InChI=1S/C17H21ClFN5O/c1-10-8-24(9-11(2)21-10)17-20-7-14(19)16(23-17)22-12-4-5-15(25-3)13(18)6-12/h4-7,10-11,21H,8-9H2,1-3H3,(H,20,22,23)/t10-,11+. The zero-order valence-electron chi connectivity index (χ0n) is 14.4. The van der Waals surface area contributed by atoms with Crippen LogP contribution in [0.3, 0.4) is 0 Å². The van der Waals surface area contributed by atoms with Gasteiger partial charge in [-0.25, -0.2) is 9.37 Å². The maximum atomic E-state index is 14.1. The lowest BCUT2D eigenvalue weighted by molar-refractivity contribution is 0.403. The number of anilines is 3. The van der Waals surface area contributed by atoms with Crippen LogP contribution in [0, 0.1) is 5.82 Å². The minimum atomic E-state index is -0.521. The van der Waals surface area contributed by atoms with Gasteiger partial charge in [0.2, 0.25) is 5.95 Å². The van der Waals surface area contributed by atoms with Gasteiger partial charge in [0.05, 0.1) is 18.3 Å². The summed E-state index contributed by atoms with van der Waals surface area (Å²) in [5.74, 6) is 0.653. The van der Waals surface area contributed by atoms with Crippen molar-refractivity contribution in [2.45, 2.75) is 25.9 Å². The van der Waals surface area contributed by atoms with Crippen LogP contribution in [-0.2, 0) is 0 Å². The zero-order valence-corrected chi connectivity index (χ0v) is 15.1. The Labute approximate surface area is 151 Å². The van der Waals surface area contributed by atoms with Crippen molar-refractivity contribution >= 4 is 29.1 Å². The Balaban J connectivity index is 1.83. The highest BCUT2D eigenvalue weighted by atomic mass is 35.5. The molecule has 0 aliphatic carbocycles. The average molecular weight is 366 g/mol. The SMILES string of the molecule is COc1ccc(Nc2nc(N3C[C@@H](C)N[C@@H](C)C3)ncc2F)cc1Cl. The van der Waals surface area contributed by atoms with Gasteiger partial charge in [0.15, 0.2) is 11.6 Å². The first kappa shape index (κ1) is 17.7. The molecule has 1 aromatic carbocycles. The van der Waals surface area contributed by atoms with E-state index in [1.54, 1.807) is 25.3 Å². The molecule has 2 atom stereocenters. The monoisotopic (exact) mass is 365 g/mol. The Hall–Kier alpha value is -2.12. The zero-order chi connectivity index (χ0) is 18.0. The molecule has 0 amide bonds. The number of methoxy groups -OCH3 is 1. The lowest BCUT2D eigenvalue weighted by Crippen LogP contribution is -2.54. The number of hydrogen-bond donors (Lipinski definition) is 2. The molecule has 2 heterocycles. The molecule has 0 spiro atoms. The number of hydrogen-bond acceptors (Lipinski definition) is 6. The van der Waals surface area contributed by atoms with Crippen molar-refractivity contribution in [2.24, 2.45) is 0 Å². The van der Waals surface area contributed by atoms with Gasteiger partial charge in [-0.05, 0) is 32.0 Å². The third-order valence-corrected chi connectivity index (χ3v) is 4.28. The minimum Gasteiger partial charge on any atom is -0.495 e. The van der Waals surface area contributed by atoms with Gasteiger partial charge in [0.25, 0.3) is 0 Å². The van der Waals surface area contributed by atoms with Crippen molar-refractivity contribution < 1.29 is 9.13 Å². The van der Waals surface area contributed by atoms with Crippen molar-refractivity contribution in [2.75, 3.05) is 30.4 Å². The van der Waals surface area contributed by atoms with E-state index in [-0.39, 0.29) is 5.82 Å². The smallest absolute Gasteiger partial charge is 0.227 e. The summed E-state index contributed by atoms with van der Waals surface area (Å²) in [5.41, 5.74) is 0.622. The summed E-state index contributed by atoms with van der Waals surface area (Å²) in [7, 11) is 1.54. The second-order valence-corrected chi connectivity index (χ2v) is 6.62. The highest BCUT2D eigenvalue weighted by Gasteiger charge is 2.23. The van der Waals surface area contributed by atoms with Crippen LogP contribution in [0.1, 0.15) is 13.8 Å². The quantitative estimate of drug-likeness (QED) is 0.867. The number of piperazine rings is 1. The van der Waals surface area contributed by atoms with E-state index in [2.05, 4.69) is 39.3 Å². The molecular weight excluding hydrogens is 345 g/mol. The lowest BCUT2D eigenvalue weighted by Gasteiger charge is -2.36. The van der Waals surface area contributed by atoms with Crippen LogP contribution in [0.2, 0.25) is 5.02 Å². The number of rotatable bonds is 4. The average Bonchev–Trinajstić information content (AvgIpc) is 2.56. The van der Waals surface area contributed by atoms with E-state index >= 15 is 0 Å². The van der Waals surface area contributed by atoms with Gasteiger partial charge in [-0.15, -0.1) is 0 Å². The molecule has 0 radical (unpaired) electrons. The summed E-state index contributed by atoms with van der Waals surface area (Å²) in [5, 5.41) is 6.84. The van der Waals surface area contributed by atoms with Crippen LogP contribution in [0.15, 0.2) is 24.4 Å². The van der Waals surface area contributed by atoms with Crippen LogP contribution in [0.25, 0.3) is 0 Å². The van der Waals surface area contributed by atoms with Crippen LogP contribution >= 0.6 is 11.6 Å². The largest absolute Gasteiger partial charge is 0.495 e. The van der Waals surface area contributed by atoms with E-state index in [9.17, 15) is 4.39 Å². The number of aromatic nitrogens is 2. The maximum absolute atomic E-state index is 14.1. The molecule has 6 nitrogen and oxygen atoms in total. The van der Waals surface area contributed by atoms with E-state index in [1.807, 2.05) is 0 Å². The lowest BCUT2D eigenvalue weighted by atomic mass is 10.1. The van der Waals surface area contributed by atoms with E-state index in [1.165, 1.54) is 6.20 Å². The van der Waals surface area contributed by atoms with Crippen molar-refractivity contribution in [3.8, 4) is 5.75 Å². The first-order chi connectivity index (χ1) is 12.0. The number of benzene rings is 1. The normalized spacial score (nSPS) is 20.4. The molecule has 1 fully saturated rings. The molecule has 0 bridgehead atoms. The number of nitrogens with one attached hydrogen (secondary N) is 2. The molecule has 2 N–H and O–H groups in total. The predicted octanol–water partition coefficient (Wildman–Crippen LogP) is 3.21. The van der Waals surface area contributed by atoms with Crippen LogP contribution in [-0.4, -0.2) is 42.3 Å². The Bertz CT molecular complexity index is 750. The van der Waals surface area contributed by atoms with E-state index < -0.39 is 5.82 Å². The third-order valence-electron chi connectivity index (χ3n) is 3.99. The number of ether oxygens (including phenoxy) is 1. The maximum Gasteiger partial charge on any atom is 0.227 e. The summed E-state index contributed by atoms with van der Waals surface area (Å²) in [6.07, 6.45) is 1.19. The van der Waals surface area contributed by atoms with Crippen molar-refractivity contribution in [3.63, 3.8) is 0 Å². The summed E-state index contributed by atoms with van der Waals surface area (Å²) in [4.78, 5) is 10.6. The molecular formula is C17H21ClFN5O. The number of nitrogens with zero attached hydrogens (tertiary/aromatic N) is 3. The summed E-state index contributed by atoms with van der Waals surface area (Å²) in [6, 6.07) is 5.75. The second-order valence-electron chi connectivity index (χ2n) is 6.21. The first-order valence-electron chi connectivity index (χ1n) is 8.10. The summed E-state index contributed by atoms with van der Waals surface area (Å²) in [6.45, 7) is 5.74. The summed E-state index contributed by atoms with van der Waals surface area (Å²) < 4.78 is 19.3. The van der Waals surface area contributed by atoms with Crippen molar-refractivity contribution in [1.29, 1.82) is 0 Å². The Kier molecular flexibility index (Phi) is 5.24. The first-order valence-corrected chi connectivity index (χ1v) is 8.48. The van der Waals surface area contributed by atoms with Crippen molar-refractivity contribution in [1.82, 2.24) is 15.3 Å². The van der Waals surface area contributed by atoms with Gasteiger partial charge in [0.1, 0.15) is 5.75 Å². The predicted molar refractivity (Wildman–Crippen MR) is 97.5 cm³/mol.